The lowest BCUT2D eigenvalue weighted by Crippen LogP contribution is -2.45. The molecule has 0 unspecified atom stereocenters. The molecule has 0 spiro atoms. The first-order valence-electron chi connectivity index (χ1n) is 7.71. The van der Waals surface area contributed by atoms with E-state index >= 15 is 0 Å². The van der Waals surface area contributed by atoms with E-state index in [4.69, 9.17) is 10.5 Å². The fourth-order valence-electron chi connectivity index (χ4n) is 3.50. The van der Waals surface area contributed by atoms with Crippen molar-refractivity contribution in [1.29, 1.82) is 0 Å². The monoisotopic (exact) mass is 309 g/mol. The fraction of sp³-hybridized carbons (Fsp3) is 0.625. The largest absolute Gasteiger partial charge is 0.488 e. The second-order valence-electron chi connectivity index (χ2n) is 6.39. The Bertz CT molecular complexity index is 576. The van der Waals surface area contributed by atoms with Gasteiger partial charge in [0.05, 0.1) is 11.5 Å². The van der Waals surface area contributed by atoms with Gasteiger partial charge in [-0.3, -0.25) is 0 Å². The minimum absolute atomic E-state index is 0.122. The van der Waals surface area contributed by atoms with Crippen molar-refractivity contribution < 1.29 is 13.2 Å². The van der Waals surface area contributed by atoms with E-state index in [1.165, 1.54) is 24.8 Å². The summed E-state index contributed by atoms with van der Waals surface area (Å²) in [5.41, 5.74) is 7.46. The van der Waals surface area contributed by atoms with Crippen LogP contribution in [0.1, 0.15) is 37.7 Å². The quantitative estimate of drug-likeness (QED) is 0.924. The predicted molar refractivity (Wildman–Crippen MR) is 83.3 cm³/mol. The third-order valence-corrected chi connectivity index (χ3v) is 6.61. The molecule has 2 aliphatic rings. The SMILES string of the molecule is NCC1(c2ccc(OC3CS(=O)(=O)C3)cc2)CCCCC1. The van der Waals surface area contributed by atoms with Gasteiger partial charge in [0.25, 0.3) is 0 Å². The molecule has 0 bridgehead atoms. The van der Waals surface area contributed by atoms with E-state index in [1.54, 1.807) is 0 Å². The Kier molecular flexibility index (Phi) is 3.97. The molecular formula is C16H23NO3S. The lowest BCUT2D eigenvalue weighted by atomic mass is 9.69. The van der Waals surface area contributed by atoms with Crippen LogP contribution in [-0.2, 0) is 15.3 Å². The highest BCUT2D eigenvalue weighted by Crippen LogP contribution is 2.39. The number of nitrogens with two attached hydrogens (primary N) is 1. The Morgan fingerprint density at radius 2 is 1.71 bits per heavy atom. The maximum atomic E-state index is 11.1. The van der Waals surface area contributed by atoms with Gasteiger partial charge in [-0.1, -0.05) is 31.4 Å². The topological polar surface area (TPSA) is 69.4 Å². The van der Waals surface area contributed by atoms with Gasteiger partial charge < -0.3 is 10.5 Å². The summed E-state index contributed by atoms with van der Waals surface area (Å²) >= 11 is 0. The lowest BCUT2D eigenvalue weighted by Gasteiger charge is -2.37. The van der Waals surface area contributed by atoms with E-state index in [1.807, 2.05) is 12.1 Å². The highest BCUT2D eigenvalue weighted by molar-refractivity contribution is 7.92. The van der Waals surface area contributed by atoms with Crippen LogP contribution < -0.4 is 10.5 Å². The van der Waals surface area contributed by atoms with Crippen LogP contribution in [0.2, 0.25) is 0 Å². The Balaban J connectivity index is 1.68. The lowest BCUT2D eigenvalue weighted by molar-refractivity contribution is 0.230. The molecule has 3 rings (SSSR count). The summed E-state index contributed by atoms with van der Waals surface area (Å²) in [7, 11) is -2.83. The number of sulfone groups is 1. The van der Waals surface area contributed by atoms with E-state index in [-0.39, 0.29) is 23.0 Å². The average molecular weight is 309 g/mol. The minimum Gasteiger partial charge on any atom is -0.488 e. The maximum Gasteiger partial charge on any atom is 0.157 e. The summed E-state index contributed by atoms with van der Waals surface area (Å²) in [6.07, 6.45) is 5.93. The second kappa shape index (κ2) is 5.61. The first-order chi connectivity index (χ1) is 10.0. The maximum absolute atomic E-state index is 11.1. The number of hydrogen-bond acceptors (Lipinski definition) is 4. The van der Waals surface area contributed by atoms with E-state index < -0.39 is 9.84 Å². The fourth-order valence-corrected chi connectivity index (χ4v) is 4.68. The molecule has 2 fully saturated rings. The third-order valence-electron chi connectivity index (χ3n) is 4.85. The second-order valence-corrected chi connectivity index (χ2v) is 8.54. The van der Waals surface area contributed by atoms with Crippen LogP contribution in [0.4, 0.5) is 0 Å². The van der Waals surface area contributed by atoms with Crippen LogP contribution in [-0.4, -0.2) is 32.6 Å². The van der Waals surface area contributed by atoms with Gasteiger partial charge in [-0.25, -0.2) is 8.42 Å². The van der Waals surface area contributed by atoms with Crippen molar-refractivity contribution in [3.8, 4) is 5.75 Å². The zero-order chi connectivity index (χ0) is 14.9. The van der Waals surface area contributed by atoms with Crippen molar-refractivity contribution >= 4 is 9.84 Å². The normalized spacial score (nSPS) is 24.2. The van der Waals surface area contributed by atoms with Crippen LogP contribution in [0.25, 0.3) is 0 Å². The highest BCUT2D eigenvalue weighted by Gasteiger charge is 2.35. The number of benzene rings is 1. The van der Waals surface area contributed by atoms with Gasteiger partial charge in [-0.2, -0.15) is 0 Å². The zero-order valence-electron chi connectivity index (χ0n) is 12.3. The van der Waals surface area contributed by atoms with Gasteiger partial charge in [0, 0.05) is 12.0 Å². The number of rotatable bonds is 4. The summed E-state index contributed by atoms with van der Waals surface area (Å²) in [4.78, 5) is 0. The molecule has 1 saturated carbocycles. The average Bonchev–Trinajstić information content (AvgIpc) is 2.47. The number of ether oxygens (including phenoxy) is 1. The summed E-state index contributed by atoms with van der Waals surface area (Å²) in [6.45, 7) is 0.689. The summed E-state index contributed by atoms with van der Waals surface area (Å²) < 4.78 is 28.0. The van der Waals surface area contributed by atoms with Crippen molar-refractivity contribution in [3.05, 3.63) is 29.8 Å². The van der Waals surface area contributed by atoms with E-state index in [0.717, 1.165) is 18.6 Å². The first kappa shape index (κ1) is 14.9. The smallest absolute Gasteiger partial charge is 0.157 e. The molecule has 1 aromatic rings. The molecular weight excluding hydrogens is 286 g/mol. The molecule has 0 aromatic heterocycles. The van der Waals surface area contributed by atoms with Gasteiger partial charge in [0.15, 0.2) is 9.84 Å². The molecule has 116 valence electrons. The molecule has 4 nitrogen and oxygen atoms in total. The third kappa shape index (κ3) is 3.09. The predicted octanol–water partition coefficient (Wildman–Crippen LogP) is 2.02. The van der Waals surface area contributed by atoms with E-state index in [2.05, 4.69) is 12.1 Å². The van der Waals surface area contributed by atoms with Crippen molar-refractivity contribution in [2.45, 2.75) is 43.6 Å². The van der Waals surface area contributed by atoms with Crippen LogP contribution in [0.3, 0.4) is 0 Å². The molecule has 2 N–H and O–H groups in total. The van der Waals surface area contributed by atoms with E-state index in [0.29, 0.717) is 6.54 Å². The molecule has 1 aliphatic heterocycles. The van der Waals surface area contributed by atoms with Crippen LogP contribution in [0, 0.1) is 0 Å². The number of hydrogen-bond donors (Lipinski definition) is 1. The molecule has 0 atom stereocenters. The standard InChI is InChI=1S/C16H23NO3S/c17-12-16(8-2-1-3-9-16)13-4-6-14(7-5-13)20-15-10-21(18,19)11-15/h4-7,15H,1-3,8-12,17H2. The van der Waals surface area contributed by atoms with Crippen molar-refractivity contribution in [2.75, 3.05) is 18.1 Å². The van der Waals surface area contributed by atoms with Crippen LogP contribution >= 0.6 is 0 Å². The summed E-state index contributed by atoms with van der Waals surface area (Å²) in [5, 5.41) is 0. The van der Waals surface area contributed by atoms with E-state index in [9.17, 15) is 8.42 Å². The van der Waals surface area contributed by atoms with Crippen molar-refractivity contribution in [2.24, 2.45) is 5.73 Å². The van der Waals surface area contributed by atoms with Crippen molar-refractivity contribution in [3.63, 3.8) is 0 Å². The Hall–Kier alpha value is -1.07. The van der Waals surface area contributed by atoms with Crippen LogP contribution in [0.15, 0.2) is 24.3 Å². The first-order valence-corrected chi connectivity index (χ1v) is 9.53. The molecule has 5 heteroatoms. The summed E-state index contributed by atoms with van der Waals surface area (Å²) in [5.74, 6) is 1.03. The summed E-state index contributed by atoms with van der Waals surface area (Å²) in [6, 6.07) is 8.10. The molecule has 1 aromatic carbocycles. The van der Waals surface area contributed by atoms with Gasteiger partial charge in [-0.15, -0.1) is 0 Å². The van der Waals surface area contributed by atoms with Gasteiger partial charge >= 0.3 is 0 Å². The zero-order valence-corrected chi connectivity index (χ0v) is 13.1. The molecule has 1 saturated heterocycles. The molecule has 1 aliphatic carbocycles. The highest BCUT2D eigenvalue weighted by atomic mass is 32.2. The molecule has 1 heterocycles. The minimum atomic E-state index is -2.83. The van der Waals surface area contributed by atoms with Crippen LogP contribution in [0.5, 0.6) is 5.75 Å². The van der Waals surface area contributed by atoms with Gasteiger partial charge in [-0.05, 0) is 30.5 Å². The van der Waals surface area contributed by atoms with Crippen molar-refractivity contribution in [1.82, 2.24) is 0 Å². The van der Waals surface area contributed by atoms with Gasteiger partial charge in [0.1, 0.15) is 11.9 Å². The van der Waals surface area contributed by atoms with Gasteiger partial charge in [0.2, 0.25) is 0 Å². The molecule has 21 heavy (non-hydrogen) atoms. The molecule has 0 radical (unpaired) electrons. The molecule has 0 amide bonds. The Labute approximate surface area is 126 Å². The Morgan fingerprint density at radius 3 is 2.24 bits per heavy atom. The Morgan fingerprint density at radius 1 is 1.10 bits per heavy atom.